The molecular formula is C27H25ClN4O3S. The van der Waals surface area contributed by atoms with Gasteiger partial charge >= 0.3 is 0 Å². The van der Waals surface area contributed by atoms with E-state index in [9.17, 15) is 13.2 Å². The highest BCUT2D eigenvalue weighted by molar-refractivity contribution is 7.89. The van der Waals surface area contributed by atoms with Crippen molar-refractivity contribution in [2.24, 2.45) is 5.10 Å². The van der Waals surface area contributed by atoms with Crippen LogP contribution in [0.2, 0.25) is 5.02 Å². The molecule has 0 bridgehead atoms. The molecule has 0 spiro atoms. The van der Waals surface area contributed by atoms with Crippen LogP contribution in [0.5, 0.6) is 0 Å². The van der Waals surface area contributed by atoms with Gasteiger partial charge in [-0.3, -0.25) is 4.79 Å². The molecule has 1 fully saturated rings. The lowest BCUT2D eigenvalue weighted by atomic mass is 10.2. The molecule has 5 rings (SSSR count). The van der Waals surface area contributed by atoms with Gasteiger partial charge in [-0.25, -0.2) is 13.8 Å². The summed E-state index contributed by atoms with van der Waals surface area (Å²) in [5, 5.41) is 5.64. The van der Waals surface area contributed by atoms with Crippen LogP contribution in [-0.4, -0.2) is 42.0 Å². The Hall–Kier alpha value is -3.46. The molecule has 0 aliphatic carbocycles. The number of benzene rings is 3. The average molecular weight is 521 g/mol. The van der Waals surface area contributed by atoms with Crippen LogP contribution in [-0.2, 0) is 21.4 Å². The summed E-state index contributed by atoms with van der Waals surface area (Å²) in [5.74, 6) is -0.450. The first-order valence-electron chi connectivity index (χ1n) is 11.7. The first kappa shape index (κ1) is 24.2. The maximum Gasteiger partial charge on any atom is 0.258 e. The summed E-state index contributed by atoms with van der Waals surface area (Å²) in [7, 11) is -3.82. The number of hydrogen-bond acceptors (Lipinski definition) is 4. The number of hydrazone groups is 1. The standard InChI is InChI=1S/C27H25ClN4O3S/c28-22-12-14-23(15-13-22)36(34,35)32-16-6-11-26(32)27(33)30-29-17-21-19-31(18-20-7-2-1-3-8-20)25-10-5-4-9-24(21)25/h1-5,7-10,12-15,17,19,26H,6,11,16,18H2,(H,30,33)/b29-17-/t26-/m1/s1. The third kappa shape index (κ3) is 4.93. The summed E-state index contributed by atoms with van der Waals surface area (Å²) in [4.78, 5) is 13.0. The van der Waals surface area contributed by atoms with Crippen molar-refractivity contribution >= 4 is 44.6 Å². The van der Waals surface area contributed by atoms with E-state index in [1.165, 1.54) is 34.1 Å². The first-order valence-corrected chi connectivity index (χ1v) is 13.5. The molecular weight excluding hydrogens is 496 g/mol. The van der Waals surface area contributed by atoms with Crippen molar-refractivity contribution in [2.75, 3.05) is 6.54 Å². The predicted octanol–water partition coefficient (Wildman–Crippen LogP) is 4.65. The number of nitrogens with one attached hydrogen (secondary N) is 1. The Morgan fingerprint density at radius 2 is 1.75 bits per heavy atom. The van der Waals surface area contributed by atoms with Crippen LogP contribution in [0.15, 0.2) is 95.1 Å². The summed E-state index contributed by atoms with van der Waals surface area (Å²) in [6.45, 7) is 0.987. The number of carbonyl (C=O) groups excluding carboxylic acids is 1. The number of aromatic nitrogens is 1. The van der Waals surface area contributed by atoms with Crippen molar-refractivity contribution in [2.45, 2.75) is 30.3 Å². The summed E-state index contributed by atoms with van der Waals surface area (Å²) in [5.41, 5.74) is 5.65. The Bertz CT molecular complexity index is 1520. The second-order valence-electron chi connectivity index (χ2n) is 8.68. The van der Waals surface area contributed by atoms with Crippen LogP contribution >= 0.6 is 11.6 Å². The number of hydrogen-bond donors (Lipinski definition) is 1. The second-order valence-corrected chi connectivity index (χ2v) is 11.0. The average Bonchev–Trinajstić information content (AvgIpc) is 3.52. The number of nitrogens with zero attached hydrogens (tertiary/aromatic N) is 3. The van der Waals surface area contributed by atoms with Gasteiger partial charge in [0.05, 0.1) is 11.1 Å². The van der Waals surface area contributed by atoms with E-state index < -0.39 is 22.0 Å². The topological polar surface area (TPSA) is 83.8 Å². The van der Waals surface area contributed by atoms with Crippen LogP contribution in [0.1, 0.15) is 24.0 Å². The fourth-order valence-electron chi connectivity index (χ4n) is 4.56. The Kier molecular flexibility index (Phi) is 6.91. The zero-order valence-electron chi connectivity index (χ0n) is 19.4. The second kappa shape index (κ2) is 10.3. The van der Waals surface area contributed by atoms with Gasteiger partial charge in [0, 0.05) is 40.8 Å². The molecule has 1 amide bonds. The highest BCUT2D eigenvalue weighted by Gasteiger charge is 2.39. The summed E-state index contributed by atoms with van der Waals surface area (Å²) >= 11 is 5.90. The first-order chi connectivity index (χ1) is 17.4. The molecule has 9 heteroatoms. The fraction of sp³-hybridized carbons (Fsp3) is 0.185. The monoisotopic (exact) mass is 520 g/mol. The van der Waals surface area contributed by atoms with Gasteiger partial charge in [0.2, 0.25) is 10.0 Å². The molecule has 1 N–H and O–H groups in total. The normalized spacial score (nSPS) is 16.6. The minimum atomic E-state index is -3.82. The third-order valence-electron chi connectivity index (χ3n) is 6.32. The van der Waals surface area contributed by atoms with Crippen LogP contribution in [0, 0.1) is 0 Å². The lowest BCUT2D eigenvalue weighted by Crippen LogP contribution is -2.44. The summed E-state index contributed by atoms with van der Waals surface area (Å²) in [6.07, 6.45) is 4.64. The molecule has 2 heterocycles. The quantitative estimate of drug-likeness (QED) is 0.284. The van der Waals surface area contributed by atoms with E-state index in [1.807, 2.05) is 48.7 Å². The maximum atomic E-state index is 13.1. The van der Waals surface area contributed by atoms with Gasteiger partial charge in [-0.05, 0) is 48.7 Å². The Morgan fingerprint density at radius 3 is 2.53 bits per heavy atom. The molecule has 3 aromatic carbocycles. The van der Waals surface area contributed by atoms with E-state index in [0.29, 0.717) is 24.4 Å². The van der Waals surface area contributed by atoms with E-state index in [-0.39, 0.29) is 11.4 Å². The van der Waals surface area contributed by atoms with E-state index in [4.69, 9.17) is 11.6 Å². The molecule has 36 heavy (non-hydrogen) atoms. The van der Waals surface area contributed by atoms with E-state index in [1.54, 1.807) is 6.21 Å². The minimum Gasteiger partial charge on any atom is -0.342 e. The van der Waals surface area contributed by atoms with Gasteiger partial charge in [0.1, 0.15) is 6.04 Å². The zero-order valence-corrected chi connectivity index (χ0v) is 21.0. The van der Waals surface area contributed by atoms with E-state index >= 15 is 0 Å². The van der Waals surface area contributed by atoms with E-state index in [0.717, 1.165) is 16.5 Å². The number of para-hydroxylation sites is 1. The number of halogens is 1. The minimum absolute atomic E-state index is 0.112. The summed E-state index contributed by atoms with van der Waals surface area (Å²) < 4.78 is 29.6. The van der Waals surface area contributed by atoms with Gasteiger partial charge < -0.3 is 4.57 Å². The molecule has 4 aromatic rings. The molecule has 1 atom stereocenters. The van der Waals surface area contributed by atoms with Crippen molar-refractivity contribution < 1.29 is 13.2 Å². The smallest absolute Gasteiger partial charge is 0.258 e. The lowest BCUT2D eigenvalue weighted by Gasteiger charge is -2.22. The van der Waals surface area contributed by atoms with Crippen molar-refractivity contribution in [1.29, 1.82) is 0 Å². The highest BCUT2D eigenvalue weighted by atomic mass is 35.5. The van der Waals surface area contributed by atoms with E-state index in [2.05, 4.69) is 27.2 Å². The molecule has 0 unspecified atom stereocenters. The van der Waals surface area contributed by atoms with Crippen LogP contribution < -0.4 is 5.43 Å². The van der Waals surface area contributed by atoms with Crippen molar-refractivity contribution in [3.63, 3.8) is 0 Å². The molecule has 1 aliphatic heterocycles. The fourth-order valence-corrected chi connectivity index (χ4v) is 6.34. The number of carbonyl (C=O) groups is 1. The van der Waals surface area contributed by atoms with Gasteiger partial charge in [-0.15, -0.1) is 0 Å². The molecule has 0 saturated carbocycles. The maximum absolute atomic E-state index is 13.1. The number of sulfonamides is 1. The molecule has 1 saturated heterocycles. The van der Waals surface area contributed by atoms with Crippen LogP contribution in [0.25, 0.3) is 10.9 Å². The molecule has 0 radical (unpaired) electrons. The molecule has 1 aliphatic rings. The Balaban J connectivity index is 1.32. The molecule has 7 nitrogen and oxygen atoms in total. The van der Waals surface area contributed by atoms with Crippen molar-refractivity contribution in [3.8, 4) is 0 Å². The summed E-state index contributed by atoms with van der Waals surface area (Å²) in [6, 6.07) is 23.3. The number of rotatable bonds is 7. The van der Waals surface area contributed by atoms with Crippen molar-refractivity contribution in [1.82, 2.24) is 14.3 Å². The third-order valence-corrected chi connectivity index (χ3v) is 8.49. The Labute approximate surface area is 215 Å². The largest absolute Gasteiger partial charge is 0.342 e. The molecule has 184 valence electrons. The van der Waals surface area contributed by atoms with Crippen LogP contribution in [0.3, 0.4) is 0 Å². The van der Waals surface area contributed by atoms with Gasteiger partial charge in [0.25, 0.3) is 5.91 Å². The Morgan fingerprint density at radius 1 is 1.03 bits per heavy atom. The number of fused-ring (bicyclic) bond motifs is 1. The van der Waals surface area contributed by atoms with Crippen molar-refractivity contribution in [3.05, 3.63) is 101 Å². The highest BCUT2D eigenvalue weighted by Crippen LogP contribution is 2.27. The van der Waals surface area contributed by atoms with Crippen LogP contribution in [0.4, 0.5) is 0 Å². The molecule has 1 aromatic heterocycles. The zero-order chi connectivity index (χ0) is 25.1. The lowest BCUT2D eigenvalue weighted by molar-refractivity contribution is -0.124. The SMILES string of the molecule is O=C(N/N=C\c1cn(Cc2ccccc2)c2ccccc12)[C@H]1CCCN1S(=O)(=O)c1ccc(Cl)cc1. The number of amides is 1. The van der Waals surface area contributed by atoms with Gasteiger partial charge in [0.15, 0.2) is 0 Å². The predicted molar refractivity (Wildman–Crippen MR) is 142 cm³/mol. The van der Waals surface area contributed by atoms with Gasteiger partial charge in [-0.1, -0.05) is 60.1 Å². The van der Waals surface area contributed by atoms with Gasteiger partial charge in [-0.2, -0.15) is 9.41 Å².